The number of hydrogen-bond acceptors (Lipinski definition) is 6. The molecule has 1 unspecified atom stereocenters. The predicted octanol–water partition coefficient (Wildman–Crippen LogP) is 18.1. The zero-order valence-electron chi connectivity index (χ0n) is 43.1. The molecule has 0 aliphatic carbocycles. The molecule has 0 aromatic rings. The van der Waals surface area contributed by atoms with E-state index in [0.29, 0.717) is 19.3 Å². The van der Waals surface area contributed by atoms with E-state index in [1.165, 1.54) is 83.5 Å². The van der Waals surface area contributed by atoms with Gasteiger partial charge in [0.1, 0.15) is 13.2 Å². The van der Waals surface area contributed by atoms with Crippen LogP contribution in [0.2, 0.25) is 0 Å². The highest BCUT2D eigenvalue weighted by molar-refractivity contribution is 5.71. The van der Waals surface area contributed by atoms with E-state index in [-0.39, 0.29) is 38.0 Å². The van der Waals surface area contributed by atoms with Gasteiger partial charge in [0.2, 0.25) is 0 Å². The molecule has 0 saturated heterocycles. The van der Waals surface area contributed by atoms with Gasteiger partial charge in [-0.2, -0.15) is 0 Å². The molecule has 0 rings (SSSR count). The Balaban J connectivity index is 4.58. The van der Waals surface area contributed by atoms with Crippen molar-refractivity contribution in [3.63, 3.8) is 0 Å². The van der Waals surface area contributed by atoms with Gasteiger partial charge in [-0.1, -0.05) is 239 Å². The predicted molar refractivity (Wildman–Crippen MR) is 288 cm³/mol. The molecule has 0 fully saturated rings. The number of carbonyl (C=O) groups excluding carboxylic acids is 3. The SMILES string of the molecule is CC/C=C\C/C=C\C/C=C\C/C=C\C/C=C\CCCC(=O)OCC(COC(=O)CCCCCCCCCCCCCCCCCC)OC(=O)CC/C=C\C/C=C\C/C=C\C/C=C\C/C=C\CC. The van der Waals surface area contributed by atoms with Gasteiger partial charge in [-0.3, -0.25) is 14.4 Å². The largest absolute Gasteiger partial charge is 0.462 e. The zero-order chi connectivity index (χ0) is 48.6. The van der Waals surface area contributed by atoms with Crippen LogP contribution in [-0.4, -0.2) is 37.2 Å². The van der Waals surface area contributed by atoms with Crippen molar-refractivity contribution in [2.24, 2.45) is 0 Å². The minimum absolute atomic E-state index is 0.127. The van der Waals surface area contributed by atoms with E-state index in [0.717, 1.165) is 89.9 Å². The summed E-state index contributed by atoms with van der Waals surface area (Å²) in [4.78, 5) is 38.0. The number of unbranched alkanes of at least 4 members (excludes halogenated alkanes) is 16. The highest BCUT2D eigenvalue weighted by Crippen LogP contribution is 2.15. The quantitative estimate of drug-likeness (QED) is 0.0262. The van der Waals surface area contributed by atoms with Crippen molar-refractivity contribution in [2.75, 3.05) is 13.2 Å². The van der Waals surface area contributed by atoms with Crippen molar-refractivity contribution in [1.82, 2.24) is 0 Å². The number of hydrogen-bond donors (Lipinski definition) is 0. The van der Waals surface area contributed by atoms with Crippen LogP contribution in [0.5, 0.6) is 0 Å². The fourth-order valence-electron chi connectivity index (χ4n) is 7.00. The summed E-state index contributed by atoms with van der Waals surface area (Å²) in [5, 5.41) is 0. The highest BCUT2D eigenvalue weighted by Gasteiger charge is 2.19. The lowest BCUT2D eigenvalue weighted by Gasteiger charge is -2.18. The van der Waals surface area contributed by atoms with E-state index in [4.69, 9.17) is 14.2 Å². The van der Waals surface area contributed by atoms with Crippen LogP contribution >= 0.6 is 0 Å². The molecule has 0 bridgehead atoms. The third-order valence-electron chi connectivity index (χ3n) is 11.0. The minimum atomic E-state index is -0.842. The first kappa shape index (κ1) is 62.8. The van der Waals surface area contributed by atoms with Gasteiger partial charge in [-0.05, 0) is 89.9 Å². The van der Waals surface area contributed by atoms with Gasteiger partial charge in [0.15, 0.2) is 6.10 Å². The first-order valence-electron chi connectivity index (χ1n) is 27.0. The molecular formula is C61H98O6. The number of carbonyl (C=O) groups is 3. The van der Waals surface area contributed by atoms with Crippen LogP contribution in [0.4, 0.5) is 0 Å². The van der Waals surface area contributed by atoms with Gasteiger partial charge in [0, 0.05) is 19.3 Å². The Morgan fingerprint density at radius 3 is 0.970 bits per heavy atom. The summed E-state index contributed by atoms with van der Waals surface area (Å²) in [6.07, 6.45) is 74.9. The molecule has 6 nitrogen and oxygen atoms in total. The van der Waals surface area contributed by atoms with Crippen LogP contribution in [0.25, 0.3) is 0 Å². The smallest absolute Gasteiger partial charge is 0.306 e. The molecule has 0 spiro atoms. The molecule has 0 aliphatic rings. The summed E-state index contributed by atoms with van der Waals surface area (Å²) in [5.41, 5.74) is 0. The molecule has 0 saturated carbocycles. The van der Waals surface area contributed by atoms with E-state index in [1.54, 1.807) is 0 Å². The fraction of sp³-hybridized carbons (Fsp3) is 0.623. The van der Waals surface area contributed by atoms with Gasteiger partial charge < -0.3 is 14.2 Å². The summed E-state index contributed by atoms with van der Waals surface area (Å²) in [6.45, 7) is 6.30. The maximum Gasteiger partial charge on any atom is 0.306 e. The van der Waals surface area contributed by atoms with Gasteiger partial charge in [-0.15, -0.1) is 0 Å². The molecule has 1 atom stereocenters. The zero-order valence-corrected chi connectivity index (χ0v) is 43.1. The van der Waals surface area contributed by atoms with E-state index in [9.17, 15) is 14.4 Å². The van der Waals surface area contributed by atoms with Crippen LogP contribution in [0.15, 0.2) is 122 Å². The van der Waals surface area contributed by atoms with Crippen molar-refractivity contribution in [1.29, 1.82) is 0 Å². The third kappa shape index (κ3) is 52.6. The van der Waals surface area contributed by atoms with Gasteiger partial charge >= 0.3 is 17.9 Å². The summed E-state index contributed by atoms with van der Waals surface area (Å²) < 4.78 is 16.7. The average molecular weight is 927 g/mol. The molecule has 0 aromatic carbocycles. The maximum absolute atomic E-state index is 12.8. The molecule has 0 amide bonds. The standard InChI is InChI=1S/C61H98O6/c1-4-7-10-13-16-19-22-25-28-31-34-36-39-42-45-48-51-54-60(63)66-57-58(67-61(64)55-52-49-46-43-40-37-33-30-27-24-21-18-15-12-9-6-3)56-65-59(62)53-50-47-44-41-38-35-32-29-26-23-20-17-14-11-8-5-2/h7,9-10,12,16,18-19,21,25,27-28,30,34,36-37,40,42,45-46,49,58H,4-6,8,11,13-15,17,20,22-24,26,29,31-33,35,38-39,41,43-44,47-48,50-57H2,1-3H3/b10-7-,12-9-,19-16-,21-18-,28-25-,30-27-,36-34-,40-37-,45-42-,49-46-. The average Bonchev–Trinajstić information content (AvgIpc) is 3.33. The van der Waals surface area contributed by atoms with E-state index >= 15 is 0 Å². The third-order valence-corrected chi connectivity index (χ3v) is 11.0. The molecule has 6 heteroatoms. The molecule has 0 aliphatic heterocycles. The lowest BCUT2D eigenvalue weighted by Crippen LogP contribution is -2.30. The number of ether oxygens (including phenoxy) is 3. The monoisotopic (exact) mass is 927 g/mol. The van der Waals surface area contributed by atoms with Crippen LogP contribution in [-0.2, 0) is 28.6 Å². The van der Waals surface area contributed by atoms with Crippen LogP contribution in [0, 0.1) is 0 Å². The molecule has 67 heavy (non-hydrogen) atoms. The molecule has 0 radical (unpaired) electrons. The maximum atomic E-state index is 12.8. The molecule has 0 aromatic heterocycles. The van der Waals surface area contributed by atoms with Crippen molar-refractivity contribution in [2.45, 2.75) is 232 Å². The Bertz CT molecular complexity index is 1440. The lowest BCUT2D eigenvalue weighted by molar-refractivity contribution is -0.166. The molecule has 0 N–H and O–H groups in total. The van der Waals surface area contributed by atoms with Crippen molar-refractivity contribution in [3.8, 4) is 0 Å². The van der Waals surface area contributed by atoms with Crippen LogP contribution in [0.3, 0.4) is 0 Å². The summed E-state index contributed by atoms with van der Waals surface area (Å²) >= 11 is 0. The Morgan fingerprint density at radius 1 is 0.313 bits per heavy atom. The highest BCUT2D eigenvalue weighted by atomic mass is 16.6. The molecule has 378 valence electrons. The van der Waals surface area contributed by atoms with Crippen LogP contribution < -0.4 is 0 Å². The summed E-state index contributed by atoms with van der Waals surface area (Å²) in [6, 6.07) is 0. The van der Waals surface area contributed by atoms with Gasteiger partial charge in [0.25, 0.3) is 0 Å². The fourth-order valence-corrected chi connectivity index (χ4v) is 7.00. The number of rotatable bonds is 47. The molecule has 0 heterocycles. The second-order valence-corrected chi connectivity index (χ2v) is 17.4. The Labute approximate surface area is 412 Å². The van der Waals surface area contributed by atoms with E-state index in [2.05, 4.69) is 130 Å². The number of allylic oxidation sites excluding steroid dienone is 20. The van der Waals surface area contributed by atoms with Gasteiger partial charge in [0.05, 0.1) is 0 Å². The second kappa shape index (κ2) is 54.4. The first-order valence-corrected chi connectivity index (χ1v) is 27.0. The Hall–Kier alpha value is -4.19. The summed E-state index contributed by atoms with van der Waals surface area (Å²) in [7, 11) is 0. The number of esters is 3. The molecular weight excluding hydrogens is 829 g/mol. The van der Waals surface area contributed by atoms with E-state index < -0.39 is 12.1 Å². The lowest BCUT2D eigenvalue weighted by atomic mass is 10.0. The van der Waals surface area contributed by atoms with Crippen molar-refractivity contribution >= 4 is 17.9 Å². The normalized spacial score (nSPS) is 13.1. The minimum Gasteiger partial charge on any atom is -0.462 e. The Kier molecular flexibility index (Phi) is 51.0. The van der Waals surface area contributed by atoms with Crippen molar-refractivity contribution in [3.05, 3.63) is 122 Å². The van der Waals surface area contributed by atoms with Gasteiger partial charge in [-0.25, -0.2) is 0 Å². The first-order chi connectivity index (χ1) is 33.0. The van der Waals surface area contributed by atoms with Crippen molar-refractivity contribution < 1.29 is 28.6 Å². The van der Waals surface area contributed by atoms with Crippen LogP contribution in [0.1, 0.15) is 226 Å². The summed E-state index contributed by atoms with van der Waals surface area (Å²) in [5.74, 6) is -1.07. The topological polar surface area (TPSA) is 78.9 Å². The van der Waals surface area contributed by atoms with E-state index in [1.807, 2.05) is 12.2 Å². The second-order valence-electron chi connectivity index (χ2n) is 17.4. The Morgan fingerprint density at radius 2 is 0.612 bits per heavy atom.